The third kappa shape index (κ3) is 3.38. The largest absolute Gasteiger partial charge is 0.309 e. The van der Waals surface area contributed by atoms with Gasteiger partial charge in [-0.2, -0.15) is 0 Å². The molecular weight excluding hydrogens is 469 g/mol. The van der Waals surface area contributed by atoms with E-state index in [0.717, 1.165) is 30.5 Å². The Balaban J connectivity index is 1.54. The van der Waals surface area contributed by atoms with Crippen molar-refractivity contribution in [2.75, 3.05) is 0 Å². The average molecular weight is 487 g/mol. The number of hydrogen-bond donors (Lipinski definition) is 1. The Hall–Kier alpha value is -2.27. The van der Waals surface area contributed by atoms with E-state index in [1.165, 1.54) is 34.4 Å². The third-order valence-corrected chi connectivity index (χ3v) is 9.31. The normalized spacial score (nSPS) is 12.8. The van der Waals surface area contributed by atoms with Crippen LogP contribution in [0.3, 0.4) is 0 Å². The standard InChI is InChI=1S/C21H18N4O2S4/c1-9-10(2)30-19-14(9)20(27)25(4)21(24-19)31-11(3)16-22-17(26)15-12(8-29-18(15)23-16)13-6-5-7-28-13/h5-8,11H,1-4H3,(H,22,23,26). The molecule has 0 aliphatic heterocycles. The van der Waals surface area contributed by atoms with Crippen LogP contribution in [0.1, 0.15) is 28.4 Å². The zero-order valence-corrected chi connectivity index (χ0v) is 20.4. The van der Waals surface area contributed by atoms with Crippen LogP contribution >= 0.6 is 45.8 Å². The summed E-state index contributed by atoms with van der Waals surface area (Å²) in [6, 6.07) is 3.98. The number of thioether (sulfide) groups is 1. The van der Waals surface area contributed by atoms with Gasteiger partial charge in [-0.05, 0) is 37.8 Å². The van der Waals surface area contributed by atoms with Gasteiger partial charge in [-0.3, -0.25) is 14.2 Å². The summed E-state index contributed by atoms with van der Waals surface area (Å²) in [5.74, 6) is 0.579. The molecule has 0 radical (unpaired) electrons. The van der Waals surface area contributed by atoms with Gasteiger partial charge in [0.2, 0.25) is 0 Å². The van der Waals surface area contributed by atoms with Crippen LogP contribution in [0.15, 0.2) is 37.6 Å². The maximum absolute atomic E-state index is 12.9. The topological polar surface area (TPSA) is 80.6 Å². The quantitative estimate of drug-likeness (QED) is 0.268. The monoisotopic (exact) mass is 486 g/mol. The number of aromatic amines is 1. The predicted molar refractivity (Wildman–Crippen MR) is 132 cm³/mol. The summed E-state index contributed by atoms with van der Waals surface area (Å²) >= 11 is 6.04. The lowest BCUT2D eigenvalue weighted by Gasteiger charge is -2.12. The van der Waals surface area contributed by atoms with Gasteiger partial charge < -0.3 is 4.98 Å². The first-order chi connectivity index (χ1) is 14.8. The van der Waals surface area contributed by atoms with Gasteiger partial charge in [0, 0.05) is 27.7 Å². The van der Waals surface area contributed by atoms with Crippen LogP contribution in [-0.2, 0) is 7.05 Å². The molecule has 1 atom stereocenters. The summed E-state index contributed by atoms with van der Waals surface area (Å²) in [5, 5.41) is 5.74. The number of aryl methyl sites for hydroxylation is 2. The minimum atomic E-state index is -0.179. The second kappa shape index (κ2) is 7.70. The number of aromatic nitrogens is 4. The van der Waals surface area contributed by atoms with Crippen molar-refractivity contribution in [2.45, 2.75) is 31.2 Å². The van der Waals surface area contributed by atoms with E-state index in [4.69, 9.17) is 9.97 Å². The molecule has 0 amide bonds. The third-order valence-electron chi connectivity index (χ3n) is 5.29. The van der Waals surface area contributed by atoms with Gasteiger partial charge in [0.1, 0.15) is 15.5 Å². The molecule has 0 bridgehead atoms. The Morgan fingerprint density at radius 2 is 1.94 bits per heavy atom. The smallest absolute Gasteiger partial charge is 0.262 e. The molecule has 0 aliphatic rings. The van der Waals surface area contributed by atoms with Crippen LogP contribution in [-0.4, -0.2) is 19.5 Å². The molecule has 0 aromatic carbocycles. The first-order valence-corrected chi connectivity index (χ1v) is 13.0. The number of H-pyrrole nitrogens is 1. The molecule has 0 saturated heterocycles. The van der Waals surface area contributed by atoms with Crippen molar-refractivity contribution >= 4 is 66.2 Å². The Kier molecular flexibility index (Phi) is 5.12. The molecule has 0 aliphatic carbocycles. The molecule has 0 saturated carbocycles. The van der Waals surface area contributed by atoms with Crippen LogP contribution in [0.2, 0.25) is 0 Å². The lowest BCUT2D eigenvalue weighted by molar-refractivity contribution is 0.723. The Bertz CT molecular complexity index is 1560. The van der Waals surface area contributed by atoms with Crippen molar-refractivity contribution in [3.63, 3.8) is 0 Å². The lowest BCUT2D eigenvalue weighted by atomic mass is 10.2. The van der Waals surface area contributed by atoms with Gasteiger partial charge in [-0.25, -0.2) is 9.97 Å². The van der Waals surface area contributed by atoms with Gasteiger partial charge in [-0.15, -0.1) is 34.0 Å². The van der Waals surface area contributed by atoms with Gasteiger partial charge in [0.15, 0.2) is 5.16 Å². The maximum atomic E-state index is 12.9. The predicted octanol–water partition coefficient (Wildman–Crippen LogP) is 5.49. The second-order valence-corrected chi connectivity index (χ2v) is 11.6. The molecule has 5 aromatic rings. The minimum absolute atomic E-state index is 0.0442. The Morgan fingerprint density at radius 1 is 1.13 bits per heavy atom. The summed E-state index contributed by atoms with van der Waals surface area (Å²) in [6.07, 6.45) is 0. The van der Waals surface area contributed by atoms with Crippen molar-refractivity contribution in [3.05, 3.63) is 59.9 Å². The highest BCUT2D eigenvalue weighted by Crippen LogP contribution is 2.37. The SMILES string of the molecule is Cc1sc2nc(SC(C)c3nc4scc(-c5cccs5)c4c(=O)[nH]3)n(C)c(=O)c2c1C. The highest BCUT2D eigenvalue weighted by Gasteiger charge is 2.20. The van der Waals surface area contributed by atoms with E-state index in [1.54, 1.807) is 23.0 Å². The average Bonchev–Trinajstić information content (AvgIpc) is 3.45. The van der Waals surface area contributed by atoms with Crippen LogP contribution in [0.25, 0.3) is 30.9 Å². The lowest BCUT2D eigenvalue weighted by Crippen LogP contribution is -2.20. The Labute approximate surface area is 193 Å². The number of nitrogens with one attached hydrogen (secondary N) is 1. The van der Waals surface area contributed by atoms with Crippen molar-refractivity contribution < 1.29 is 0 Å². The van der Waals surface area contributed by atoms with E-state index in [9.17, 15) is 9.59 Å². The summed E-state index contributed by atoms with van der Waals surface area (Å²) in [4.78, 5) is 41.8. The number of thiophene rings is 3. The zero-order valence-electron chi connectivity index (χ0n) is 17.2. The molecule has 5 rings (SSSR count). The van der Waals surface area contributed by atoms with E-state index in [0.29, 0.717) is 21.8 Å². The van der Waals surface area contributed by atoms with Gasteiger partial charge in [-0.1, -0.05) is 17.8 Å². The number of fused-ring (bicyclic) bond motifs is 2. The van der Waals surface area contributed by atoms with Crippen LogP contribution in [0.5, 0.6) is 0 Å². The van der Waals surface area contributed by atoms with Crippen molar-refractivity contribution in [2.24, 2.45) is 7.05 Å². The number of rotatable bonds is 4. The Morgan fingerprint density at radius 3 is 2.68 bits per heavy atom. The van der Waals surface area contributed by atoms with E-state index in [2.05, 4.69) is 4.98 Å². The highest BCUT2D eigenvalue weighted by molar-refractivity contribution is 7.99. The summed E-state index contributed by atoms with van der Waals surface area (Å²) < 4.78 is 1.58. The van der Waals surface area contributed by atoms with Crippen molar-refractivity contribution in [3.8, 4) is 10.4 Å². The van der Waals surface area contributed by atoms with Gasteiger partial charge in [0.05, 0.1) is 16.0 Å². The van der Waals surface area contributed by atoms with Crippen molar-refractivity contribution in [1.29, 1.82) is 0 Å². The maximum Gasteiger partial charge on any atom is 0.262 e. The minimum Gasteiger partial charge on any atom is -0.309 e. The van der Waals surface area contributed by atoms with E-state index < -0.39 is 0 Å². The van der Waals surface area contributed by atoms with E-state index in [1.807, 2.05) is 43.7 Å². The number of nitrogens with zero attached hydrogens (tertiary/aromatic N) is 3. The van der Waals surface area contributed by atoms with Gasteiger partial charge >= 0.3 is 0 Å². The van der Waals surface area contributed by atoms with E-state index in [-0.39, 0.29) is 16.4 Å². The molecule has 1 unspecified atom stereocenters. The molecule has 5 aromatic heterocycles. The molecule has 31 heavy (non-hydrogen) atoms. The second-order valence-electron chi connectivity index (χ2n) is 7.24. The summed E-state index contributed by atoms with van der Waals surface area (Å²) in [7, 11) is 1.74. The highest BCUT2D eigenvalue weighted by atomic mass is 32.2. The van der Waals surface area contributed by atoms with Crippen molar-refractivity contribution in [1.82, 2.24) is 19.5 Å². The molecular formula is C21H18N4O2S4. The molecule has 1 N–H and O–H groups in total. The summed E-state index contributed by atoms with van der Waals surface area (Å²) in [6.45, 7) is 5.93. The number of hydrogen-bond acceptors (Lipinski definition) is 8. The molecule has 6 nitrogen and oxygen atoms in total. The molecule has 0 fully saturated rings. The fraction of sp³-hybridized carbons (Fsp3) is 0.238. The first kappa shape index (κ1) is 20.6. The van der Waals surface area contributed by atoms with Crippen LogP contribution in [0.4, 0.5) is 0 Å². The fourth-order valence-corrected chi connectivity index (χ4v) is 7.22. The zero-order chi connectivity index (χ0) is 21.9. The molecule has 10 heteroatoms. The molecule has 0 spiro atoms. The van der Waals surface area contributed by atoms with Gasteiger partial charge in [0.25, 0.3) is 11.1 Å². The fourth-order valence-electron chi connectivity index (χ4n) is 3.45. The molecule has 5 heterocycles. The first-order valence-electron chi connectivity index (χ1n) is 9.53. The van der Waals surface area contributed by atoms with Crippen LogP contribution < -0.4 is 11.1 Å². The van der Waals surface area contributed by atoms with E-state index >= 15 is 0 Å². The van der Waals surface area contributed by atoms with Crippen LogP contribution in [0, 0.1) is 13.8 Å². The summed E-state index contributed by atoms with van der Waals surface area (Å²) in [5.41, 5.74) is 1.73. The molecule has 158 valence electrons.